The van der Waals surface area contributed by atoms with Gasteiger partial charge in [0.1, 0.15) is 0 Å². The molecule has 0 bridgehead atoms. The minimum atomic E-state index is -0.113. The number of rotatable bonds is 8. The molecule has 21 heavy (non-hydrogen) atoms. The number of aliphatic hydroxyl groups excluding tert-OH is 1. The number of anilines is 1. The molecule has 5 heteroatoms. The van der Waals surface area contributed by atoms with Crippen LogP contribution < -0.4 is 10.6 Å². The minimum absolute atomic E-state index is 0.0149. The van der Waals surface area contributed by atoms with Gasteiger partial charge in [0, 0.05) is 25.8 Å². The summed E-state index contributed by atoms with van der Waals surface area (Å²) in [7, 11) is 0. The van der Waals surface area contributed by atoms with Crippen molar-refractivity contribution in [2.24, 2.45) is 5.92 Å². The van der Waals surface area contributed by atoms with E-state index in [-0.39, 0.29) is 24.3 Å². The van der Waals surface area contributed by atoms with Gasteiger partial charge >= 0.3 is 0 Å². The Labute approximate surface area is 125 Å². The first-order chi connectivity index (χ1) is 10.0. The van der Waals surface area contributed by atoms with Gasteiger partial charge < -0.3 is 15.7 Å². The van der Waals surface area contributed by atoms with Gasteiger partial charge in [-0.15, -0.1) is 0 Å². The van der Waals surface area contributed by atoms with Crippen LogP contribution in [0.2, 0.25) is 0 Å². The summed E-state index contributed by atoms with van der Waals surface area (Å²) in [6.45, 7) is 4.26. The average Bonchev–Trinajstić information content (AvgIpc) is 2.45. The van der Waals surface area contributed by atoms with Crippen LogP contribution in [0.3, 0.4) is 0 Å². The summed E-state index contributed by atoms with van der Waals surface area (Å²) in [5, 5.41) is 14.5. The first kappa shape index (κ1) is 17.2. The fourth-order valence-electron chi connectivity index (χ4n) is 1.93. The number of aliphatic hydroxyl groups is 1. The molecule has 0 aliphatic rings. The predicted octanol–water partition coefficient (Wildman–Crippen LogP) is 1.71. The minimum Gasteiger partial charge on any atom is -0.396 e. The molecule has 0 aliphatic heterocycles. The van der Waals surface area contributed by atoms with E-state index < -0.39 is 0 Å². The van der Waals surface area contributed by atoms with Gasteiger partial charge in [-0.3, -0.25) is 9.59 Å². The van der Waals surface area contributed by atoms with Gasteiger partial charge in [-0.25, -0.2) is 0 Å². The van der Waals surface area contributed by atoms with Crippen molar-refractivity contribution in [1.82, 2.24) is 5.32 Å². The molecule has 0 saturated heterocycles. The molecule has 0 aliphatic carbocycles. The molecule has 0 aromatic heterocycles. The number of carbonyl (C=O) groups excluding carboxylic acids is 2. The highest BCUT2D eigenvalue weighted by molar-refractivity contribution is 5.88. The third-order valence-corrected chi connectivity index (χ3v) is 3.15. The normalized spacial score (nSPS) is 11.8. The lowest BCUT2D eigenvalue weighted by Crippen LogP contribution is -2.26. The second-order valence-corrected chi connectivity index (χ2v) is 5.33. The fourth-order valence-corrected chi connectivity index (χ4v) is 1.93. The largest absolute Gasteiger partial charge is 0.396 e. The monoisotopic (exact) mass is 292 g/mol. The van der Waals surface area contributed by atoms with Crippen LogP contribution >= 0.6 is 0 Å². The topological polar surface area (TPSA) is 78.4 Å². The molecule has 1 aromatic carbocycles. The van der Waals surface area contributed by atoms with Crippen molar-refractivity contribution in [2.45, 2.75) is 33.1 Å². The molecule has 0 heterocycles. The van der Waals surface area contributed by atoms with Gasteiger partial charge in [0.15, 0.2) is 0 Å². The van der Waals surface area contributed by atoms with Crippen LogP contribution in [0, 0.1) is 5.92 Å². The smallest absolute Gasteiger partial charge is 0.224 e. The first-order valence-electron chi connectivity index (χ1n) is 7.25. The highest BCUT2D eigenvalue weighted by Gasteiger charge is 2.04. The third-order valence-electron chi connectivity index (χ3n) is 3.15. The van der Waals surface area contributed by atoms with Crippen molar-refractivity contribution < 1.29 is 14.7 Å². The summed E-state index contributed by atoms with van der Waals surface area (Å²) in [6.07, 6.45) is 2.10. The number of hydrogen-bond acceptors (Lipinski definition) is 3. The van der Waals surface area contributed by atoms with Crippen molar-refractivity contribution in [2.75, 3.05) is 18.5 Å². The second-order valence-electron chi connectivity index (χ2n) is 5.33. The van der Waals surface area contributed by atoms with Gasteiger partial charge in [-0.2, -0.15) is 0 Å². The first-order valence-corrected chi connectivity index (χ1v) is 7.25. The Hall–Kier alpha value is -1.88. The van der Waals surface area contributed by atoms with Gasteiger partial charge in [0.2, 0.25) is 11.8 Å². The molecule has 0 fully saturated rings. The van der Waals surface area contributed by atoms with E-state index in [9.17, 15) is 9.59 Å². The van der Waals surface area contributed by atoms with Gasteiger partial charge in [0.25, 0.3) is 0 Å². The molecule has 1 rings (SSSR count). The van der Waals surface area contributed by atoms with Crippen molar-refractivity contribution in [3.63, 3.8) is 0 Å². The molecule has 3 N–H and O–H groups in total. The van der Waals surface area contributed by atoms with E-state index in [0.717, 1.165) is 24.1 Å². The van der Waals surface area contributed by atoms with Crippen molar-refractivity contribution in [3.05, 3.63) is 29.8 Å². The standard InChI is InChI=1S/C16H24N2O3/c1-12(11-19)4-3-9-17-16(21)10-14-5-7-15(8-6-14)18-13(2)20/h5-8,12,19H,3-4,9-11H2,1-2H3,(H,17,21)(H,18,20). The molecule has 0 saturated carbocycles. The lowest BCUT2D eigenvalue weighted by atomic mass is 10.1. The maximum Gasteiger partial charge on any atom is 0.224 e. The molecular formula is C16H24N2O3. The Kier molecular flexibility index (Phi) is 7.46. The summed E-state index contributed by atoms with van der Waals surface area (Å²) >= 11 is 0. The van der Waals surface area contributed by atoms with Crippen molar-refractivity contribution in [3.8, 4) is 0 Å². The van der Waals surface area contributed by atoms with Crippen LogP contribution in [-0.4, -0.2) is 30.1 Å². The van der Waals surface area contributed by atoms with Gasteiger partial charge in [0.05, 0.1) is 6.42 Å². The molecular weight excluding hydrogens is 268 g/mol. The number of nitrogens with one attached hydrogen (secondary N) is 2. The van der Waals surface area contributed by atoms with E-state index >= 15 is 0 Å². The van der Waals surface area contributed by atoms with E-state index in [0.29, 0.717) is 13.0 Å². The van der Waals surface area contributed by atoms with Crippen LogP contribution in [0.4, 0.5) is 5.69 Å². The summed E-state index contributed by atoms with van der Waals surface area (Å²) in [5.74, 6) is 0.153. The van der Waals surface area contributed by atoms with E-state index in [2.05, 4.69) is 10.6 Å². The summed E-state index contributed by atoms with van der Waals surface area (Å²) in [5.41, 5.74) is 1.63. The number of amides is 2. The van der Waals surface area contributed by atoms with Crippen molar-refractivity contribution >= 4 is 17.5 Å². The summed E-state index contributed by atoms with van der Waals surface area (Å²) in [6, 6.07) is 7.23. The molecule has 0 spiro atoms. The Morgan fingerprint density at radius 3 is 2.48 bits per heavy atom. The summed E-state index contributed by atoms with van der Waals surface area (Å²) in [4.78, 5) is 22.7. The molecule has 1 atom stereocenters. The maximum absolute atomic E-state index is 11.8. The maximum atomic E-state index is 11.8. The van der Waals surface area contributed by atoms with Gasteiger partial charge in [-0.05, 0) is 36.5 Å². The molecule has 2 amide bonds. The Balaban J connectivity index is 2.29. The molecule has 5 nitrogen and oxygen atoms in total. The van der Waals surface area contributed by atoms with Crippen LogP contribution in [0.15, 0.2) is 24.3 Å². The lowest BCUT2D eigenvalue weighted by Gasteiger charge is -2.09. The highest BCUT2D eigenvalue weighted by atomic mass is 16.3. The zero-order valence-corrected chi connectivity index (χ0v) is 12.7. The fraction of sp³-hybridized carbons (Fsp3) is 0.500. The predicted molar refractivity (Wildman–Crippen MR) is 82.9 cm³/mol. The molecule has 0 radical (unpaired) electrons. The SMILES string of the molecule is CC(=O)Nc1ccc(CC(=O)NCCCC(C)CO)cc1. The lowest BCUT2D eigenvalue weighted by molar-refractivity contribution is -0.120. The van der Waals surface area contributed by atoms with E-state index in [1.54, 1.807) is 12.1 Å². The zero-order chi connectivity index (χ0) is 15.7. The number of carbonyl (C=O) groups is 2. The quantitative estimate of drug-likeness (QED) is 0.638. The average molecular weight is 292 g/mol. The van der Waals surface area contributed by atoms with Crippen LogP contribution in [0.5, 0.6) is 0 Å². The van der Waals surface area contributed by atoms with E-state index in [1.807, 2.05) is 19.1 Å². The molecule has 116 valence electrons. The Morgan fingerprint density at radius 1 is 1.24 bits per heavy atom. The van der Waals surface area contributed by atoms with E-state index in [4.69, 9.17) is 5.11 Å². The van der Waals surface area contributed by atoms with Crippen LogP contribution in [0.1, 0.15) is 32.3 Å². The second kappa shape index (κ2) is 9.13. The Morgan fingerprint density at radius 2 is 1.90 bits per heavy atom. The van der Waals surface area contributed by atoms with Gasteiger partial charge in [-0.1, -0.05) is 19.1 Å². The summed E-state index contributed by atoms with van der Waals surface area (Å²) < 4.78 is 0. The number of hydrogen-bond donors (Lipinski definition) is 3. The van der Waals surface area contributed by atoms with Crippen LogP contribution in [-0.2, 0) is 16.0 Å². The van der Waals surface area contributed by atoms with Crippen LogP contribution in [0.25, 0.3) is 0 Å². The third kappa shape index (κ3) is 7.46. The number of benzene rings is 1. The Bertz CT molecular complexity index is 457. The van der Waals surface area contributed by atoms with Crippen molar-refractivity contribution in [1.29, 1.82) is 0 Å². The molecule has 1 unspecified atom stereocenters. The molecule has 1 aromatic rings. The zero-order valence-electron chi connectivity index (χ0n) is 12.7. The highest BCUT2D eigenvalue weighted by Crippen LogP contribution is 2.10. The van der Waals surface area contributed by atoms with E-state index in [1.165, 1.54) is 6.92 Å².